The second kappa shape index (κ2) is 10.1. The molecule has 0 aromatic heterocycles. The summed E-state index contributed by atoms with van der Waals surface area (Å²) in [7, 11) is -3.50. The highest BCUT2D eigenvalue weighted by Gasteiger charge is 2.27. The number of rotatable bonds is 7. The highest BCUT2D eigenvalue weighted by molar-refractivity contribution is 9.10. The van der Waals surface area contributed by atoms with Crippen molar-refractivity contribution in [2.24, 2.45) is 5.92 Å². The fourth-order valence-electron chi connectivity index (χ4n) is 3.53. The molecule has 0 spiro atoms. The number of anilines is 1. The average molecular weight is 509 g/mol. The number of piperidine rings is 1. The quantitative estimate of drug-likeness (QED) is 0.570. The second-order valence-corrected chi connectivity index (χ2v) is 11.1. The van der Waals surface area contributed by atoms with E-state index >= 15 is 0 Å². The lowest BCUT2D eigenvalue weighted by Gasteiger charge is -2.29. The van der Waals surface area contributed by atoms with Gasteiger partial charge in [0.25, 0.3) is 5.91 Å². The largest absolute Gasteiger partial charge is 0.483 e. The third-order valence-corrected chi connectivity index (χ3v) is 7.88. The van der Waals surface area contributed by atoms with Crippen LogP contribution in [0.15, 0.2) is 51.8 Å². The first-order valence-electron chi connectivity index (χ1n) is 10.5. The Hall–Kier alpha value is -1.90. The van der Waals surface area contributed by atoms with Gasteiger partial charge >= 0.3 is 0 Å². The Kier molecular flexibility index (Phi) is 7.78. The van der Waals surface area contributed by atoms with E-state index in [9.17, 15) is 13.2 Å². The SMILES string of the molecule is CC1CCN(S(=O)(=O)c2ccc(NC(=O)COc3ccc(Br)cc3C(C)C)cc2)CC1. The molecule has 8 heteroatoms. The molecule has 1 aliphatic heterocycles. The molecule has 0 aliphatic carbocycles. The number of carbonyl (C=O) groups excluding carboxylic acids is 1. The number of hydrogen-bond donors (Lipinski definition) is 1. The lowest BCUT2D eigenvalue weighted by molar-refractivity contribution is -0.118. The summed E-state index contributed by atoms with van der Waals surface area (Å²) in [6.07, 6.45) is 1.76. The fourth-order valence-corrected chi connectivity index (χ4v) is 5.38. The Bertz CT molecular complexity index is 1010. The van der Waals surface area contributed by atoms with Crippen molar-refractivity contribution in [1.29, 1.82) is 0 Å². The molecule has 3 rings (SSSR count). The molecule has 31 heavy (non-hydrogen) atoms. The van der Waals surface area contributed by atoms with Crippen molar-refractivity contribution in [2.45, 2.75) is 44.4 Å². The zero-order valence-corrected chi connectivity index (χ0v) is 20.5. The summed E-state index contributed by atoms with van der Waals surface area (Å²) in [4.78, 5) is 12.6. The number of carbonyl (C=O) groups is 1. The maximum atomic E-state index is 12.8. The van der Waals surface area contributed by atoms with E-state index in [-0.39, 0.29) is 23.3 Å². The lowest BCUT2D eigenvalue weighted by atomic mass is 10.0. The molecule has 6 nitrogen and oxygen atoms in total. The van der Waals surface area contributed by atoms with Crippen LogP contribution >= 0.6 is 15.9 Å². The minimum atomic E-state index is -3.50. The van der Waals surface area contributed by atoms with Crippen molar-refractivity contribution in [3.05, 3.63) is 52.5 Å². The van der Waals surface area contributed by atoms with Crippen molar-refractivity contribution in [3.8, 4) is 5.75 Å². The van der Waals surface area contributed by atoms with Crippen molar-refractivity contribution in [1.82, 2.24) is 4.31 Å². The van der Waals surface area contributed by atoms with Gasteiger partial charge in [0.05, 0.1) is 4.90 Å². The first kappa shape index (κ1) is 23.8. The summed E-state index contributed by atoms with van der Waals surface area (Å²) in [5, 5.41) is 2.75. The highest BCUT2D eigenvalue weighted by atomic mass is 79.9. The first-order valence-corrected chi connectivity index (χ1v) is 12.7. The molecule has 1 amide bonds. The van der Waals surface area contributed by atoms with Crippen LogP contribution in [0.25, 0.3) is 0 Å². The minimum absolute atomic E-state index is 0.132. The second-order valence-electron chi connectivity index (χ2n) is 8.28. The van der Waals surface area contributed by atoms with Gasteiger partial charge < -0.3 is 10.1 Å². The van der Waals surface area contributed by atoms with Crippen LogP contribution in [0, 0.1) is 5.92 Å². The normalized spacial score (nSPS) is 15.8. The smallest absolute Gasteiger partial charge is 0.262 e. The van der Waals surface area contributed by atoms with Gasteiger partial charge in [0.2, 0.25) is 10.0 Å². The van der Waals surface area contributed by atoms with Crippen LogP contribution in [0.5, 0.6) is 5.75 Å². The van der Waals surface area contributed by atoms with Gasteiger partial charge in [-0.3, -0.25) is 4.79 Å². The van der Waals surface area contributed by atoms with Gasteiger partial charge in [0, 0.05) is 23.2 Å². The van der Waals surface area contributed by atoms with E-state index in [1.54, 1.807) is 16.4 Å². The van der Waals surface area contributed by atoms with E-state index in [0.29, 0.717) is 30.4 Å². The maximum absolute atomic E-state index is 12.8. The summed E-state index contributed by atoms with van der Waals surface area (Å²) in [6.45, 7) is 7.24. The Labute approximate surface area is 193 Å². The van der Waals surface area contributed by atoms with E-state index in [2.05, 4.69) is 42.0 Å². The van der Waals surface area contributed by atoms with Crippen LogP contribution in [-0.4, -0.2) is 38.3 Å². The zero-order chi connectivity index (χ0) is 22.6. The first-order chi connectivity index (χ1) is 14.7. The van der Waals surface area contributed by atoms with Crippen LogP contribution in [0.3, 0.4) is 0 Å². The fraction of sp³-hybridized carbons (Fsp3) is 0.435. The molecule has 1 aliphatic rings. The van der Waals surface area contributed by atoms with Gasteiger partial charge in [-0.05, 0) is 72.7 Å². The molecule has 2 aromatic rings. The third kappa shape index (κ3) is 6.08. The van der Waals surface area contributed by atoms with Crippen molar-refractivity contribution >= 4 is 37.5 Å². The molecule has 2 aromatic carbocycles. The Morgan fingerprint density at radius 1 is 1.16 bits per heavy atom. The molecular weight excluding hydrogens is 480 g/mol. The number of hydrogen-bond acceptors (Lipinski definition) is 4. The van der Waals surface area contributed by atoms with E-state index in [0.717, 1.165) is 22.9 Å². The molecule has 1 fully saturated rings. The van der Waals surface area contributed by atoms with Gasteiger partial charge in [0.1, 0.15) is 5.75 Å². The Morgan fingerprint density at radius 3 is 2.42 bits per heavy atom. The molecule has 1 saturated heterocycles. The Balaban J connectivity index is 1.59. The number of amides is 1. The number of nitrogens with one attached hydrogen (secondary N) is 1. The Morgan fingerprint density at radius 2 is 1.81 bits per heavy atom. The highest BCUT2D eigenvalue weighted by Crippen LogP contribution is 2.29. The number of halogens is 1. The number of benzene rings is 2. The molecular formula is C23H29BrN2O4S. The summed E-state index contributed by atoms with van der Waals surface area (Å²) in [6, 6.07) is 12.0. The molecule has 1 heterocycles. The van der Waals surface area contributed by atoms with Crippen LogP contribution < -0.4 is 10.1 Å². The van der Waals surface area contributed by atoms with Crippen LogP contribution in [0.1, 0.15) is 45.1 Å². The van der Waals surface area contributed by atoms with Gasteiger partial charge in [-0.25, -0.2) is 8.42 Å². The predicted octanol–water partition coefficient (Wildman–Crippen LogP) is 5.01. The van der Waals surface area contributed by atoms with Crippen LogP contribution in [-0.2, 0) is 14.8 Å². The monoisotopic (exact) mass is 508 g/mol. The maximum Gasteiger partial charge on any atom is 0.262 e. The molecule has 0 bridgehead atoms. The lowest BCUT2D eigenvalue weighted by Crippen LogP contribution is -2.37. The summed E-state index contributed by atoms with van der Waals surface area (Å²) >= 11 is 3.46. The van der Waals surface area contributed by atoms with Crippen LogP contribution in [0.4, 0.5) is 5.69 Å². The molecule has 0 atom stereocenters. The minimum Gasteiger partial charge on any atom is -0.483 e. The van der Waals surface area contributed by atoms with Crippen LogP contribution in [0.2, 0.25) is 0 Å². The summed E-state index contributed by atoms with van der Waals surface area (Å²) in [5.74, 6) is 1.18. The van der Waals surface area contributed by atoms with Crippen molar-refractivity contribution in [2.75, 3.05) is 25.0 Å². The molecule has 1 N–H and O–H groups in total. The number of ether oxygens (including phenoxy) is 1. The average Bonchev–Trinajstić information content (AvgIpc) is 2.73. The van der Waals surface area contributed by atoms with E-state index < -0.39 is 10.0 Å². The van der Waals surface area contributed by atoms with Gasteiger partial charge in [0.15, 0.2) is 6.61 Å². The van der Waals surface area contributed by atoms with Gasteiger partial charge in [-0.15, -0.1) is 0 Å². The third-order valence-electron chi connectivity index (χ3n) is 5.47. The molecule has 0 unspecified atom stereocenters. The van der Waals surface area contributed by atoms with E-state index in [1.807, 2.05) is 18.2 Å². The zero-order valence-electron chi connectivity index (χ0n) is 18.1. The van der Waals surface area contributed by atoms with Gasteiger partial charge in [-0.1, -0.05) is 36.7 Å². The number of nitrogens with zero attached hydrogens (tertiary/aromatic N) is 1. The van der Waals surface area contributed by atoms with Gasteiger partial charge in [-0.2, -0.15) is 4.31 Å². The summed E-state index contributed by atoms with van der Waals surface area (Å²) < 4.78 is 33.8. The van der Waals surface area contributed by atoms with E-state index in [4.69, 9.17) is 4.74 Å². The predicted molar refractivity (Wildman–Crippen MR) is 126 cm³/mol. The van der Waals surface area contributed by atoms with E-state index in [1.165, 1.54) is 12.1 Å². The topological polar surface area (TPSA) is 75.7 Å². The van der Waals surface area contributed by atoms with Crippen molar-refractivity contribution < 1.29 is 17.9 Å². The molecule has 168 valence electrons. The molecule has 0 saturated carbocycles. The number of sulfonamides is 1. The molecule has 0 radical (unpaired) electrons. The standard InChI is InChI=1S/C23H29BrN2O4S/c1-16(2)21-14-18(24)4-9-22(21)30-15-23(27)25-19-5-7-20(8-6-19)31(28,29)26-12-10-17(3)11-13-26/h4-9,14,16-17H,10-13,15H2,1-3H3,(H,25,27). The van der Waals surface area contributed by atoms with Crippen molar-refractivity contribution in [3.63, 3.8) is 0 Å². The summed E-state index contributed by atoms with van der Waals surface area (Å²) in [5.41, 5.74) is 1.54.